The van der Waals surface area contributed by atoms with Gasteiger partial charge >= 0.3 is 0 Å². The van der Waals surface area contributed by atoms with Crippen LogP contribution in [0.5, 0.6) is 0 Å². The van der Waals surface area contributed by atoms with Crippen molar-refractivity contribution in [2.24, 2.45) is 5.92 Å². The molecule has 6 nitrogen and oxygen atoms in total. The van der Waals surface area contributed by atoms with E-state index in [1.165, 1.54) is 19.1 Å². The van der Waals surface area contributed by atoms with Gasteiger partial charge in [0.2, 0.25) is 11.8 Å². The van der Waals surface area contributed by atoms with Crippen molar-refractivity contribution in [3.63, 3.8) is 0 Å². The average Bonchev–Trinajstić information content (AvgIpc) is 2.97. The smallest absolute Gasteiger partial charge is 0.247 e. The zero-order valence-corrected chi connectivity index (χ0v) is 14.2. The average molecular weight is 338 g/mol. The molecule has 1 unspecified atom stereocenters. The second-order valence-corrected chi connectivity index (χ2v) is 8.03. The molecular weight excluding hydrogens is 316 g/mol. The van der Waals surface area contributed by atoms with Gasteiger partial charge in [0, 0.05) is 18.9 Å². The molecule has 1 aliphatic rings. The van der Waals surface area contributed by atoms with E-state index in [1.807, 2.05) is 0 Å². The quantitative estimate of drug-likeness (QED) is 0.855. The van der Waals surface area contributed by atoms with E-state index in [2.05, 4.69) is 10.6 Å². The van der Waals surface area contributed by atoms with E-state index in [-0.39, 0.29) is 22.6 Å². The van der Waals surface area contributed by atoms with Crippen LogP contribution in [0, 0.1) is 5.92 Å². The number of hydrogen-bond donors (Lipinski definition) is 2. The third-order valence-corrected chi connectivity index (χ3v) is 5.15. The van der Waals surface area contributed by atoms with Gasteiger partial charge in [0.25, 0.3) is 0 Å². The first-order valence-electron chi connectivity index (χ1n) is 7.65. The van der Waals surface area contributed by atoms with Crippen molar-refractivity contribution < 1.29 is 18.0 Å². The van der Waals surface area contributed by atoms with Crippen molar-refractivity contribution in [3.8, 4) is 0 Å². The number of benzene rings is 1. The molecule has 1 aromatic rings. The Morgan fingerprint density at radius 1 is 1.22 bits per heavy atom. The van der Waals surface area contributed by atoms with Gasteiger partial charge in [0.15, 0.2) is 9.84 Å². The topological polar surface area (TPSA) is 92.3 Å². The molecule has 0 aromatic heterocycles. The molecule has 126 valence electrons. The Morgan fingerprint density at radius 3 is 2.43 bits per heavy atom. The highest BCUT2D eigenvalue weighted by atomic mass is 32.2. The van der Waals surface area contributed by atoms with Gasteiger partial charge in [-0.15, -0.1) is 0 Å². The maximum atomic E-state index is 12.5. The summed E-state index contributed by atoms with van der Waals surface area (Å²) in [5.74, 6) is -0.434. The Balaban J connectivity index is 2.16. The minimum atomic E-state index is -3.34. The minimum absolute atomic E-state index is 0.122. The largest absolute Gasteiger partial charge is 0.344 e. The van der Waals surface area contributed by atoms with Crippen LogP contribution in [0.4, 0.5) is 5.69 Å². The number of hydrogen-bond acceptors (Lipinski definition) is 4. The van der Waals surface area contributed by atoms with Crippen molar-refractivity contribution in [1.82, 2.24) is 5.32 Å². The molecule has 1 atom stereocenters. The molecule has 2 N–H and O–H groups in total. The summed E-state index contributed by atoms with van der Waals surface area (Å²) in [6, 6.07) is 5.53. The molecule has 0 spiro atoms. The predicted molar refractivity (Wildman–Crippen MR) is 87.7 cm³/mol. The van der Waals surface area contributed by atoms with Gasteiger partial charge in [-0.2, -0.15) is 0 Å². The number of sulfone groups is 1. The minimum Gasteiger partial charge on any atom is -0.344 e. The van der Waals surface area contributed by atoms with Crippen LogP contribution < -0.4 is 10.6 Å². The highest BCUT2D eigenvalue weighted by Crippen LogP contribution is 2.28. The molecule has 1 fully saturated rings. The van der Waals surface area contributed by atoms with E-state index >= 15 is 0 Å². The van der Waals surface area contributed by atoms with Gasteiger partial charge in [0.05, 0.1) is 4.90 Å². The maximum absolute atomic E-state index is 12.5. The lowest BCUT2D eigenvalue weighted by Gasteiger charge is -2.23. The second kappa shape index (κ2) is 7.12. The molecule has 23 heavy (non-hydrogen) atoms. The SMILES string of the molecule is CC(=O)NC(C(=O)Nc1cccc(S(C)(=O)=O)c1)C1CCCC1. The summed E-state index contributed by atoms with van der Waals surface area (Å²) in [6.07, 6.45) is 5.03. The van der Waals surface area contributed by atoms with Crippen molar-refractivity contribution in [3.05, 3.63) is 24.3 Å². The lowest BCUT2D eigenvalue weighted by molar-refractivity contribution is -0.126. The molecule has 2 rings (SSSR count). The summed E-state index contributed by atoms with van der Waals surface area (Å²) < 4.78 is 23.2. The van der Waals surface area contributed by atoms with Crippen LogP contribution in [0.2, 0.25) is 0 Å². The first-order chi connectivity index (χ1) is 10.8. The summed E-state index contributed by atoms with van der Waals surface area (Å²) in [5.41, 5.74) is 0.409. The molecule has 0 aliphatic heterocycles. The standard InChI is InChI=1S/C16H22N2O4S/c1-11(19)17-15(12-6-3-4-7-12)16(20)18-13-8-5-9-14(10-13)23(2,21)22/h5,8-10,12,15H,3-4,6-7H2,1-2H3,(H,17,19)(H,18,20). The summed E-state index contributed by atoms with van der Waals surface area (Å²) in [5, 5.41) is 5.44. The molecule has 0 bridgehead atoms. The van der Waals surface area contributed by atoms with Crippen LogP contribution in [0.1, 0.15) is 32.6 Å². The number of carbonyl (C=O) groups excluding carboxylic acids is 2. The third kappa shape index (κ3) is 4.79. The highest BCUT2D eigenvalue weighted by Gasteiger charge is 2.31. The van der Waals surface area contributed by atoms with Crippen LogP contribution in [0.3, 0.4) is 0 Å². The Labute approximate surface area is 136 Å². The van der Waals surface area contributed by atoms with Crippen LogP contribution in [-0.2, 0) is 19.4 Å². The zero-order chi connectivity index (χ0) is 17.0. The maximum Gasteiger partial charge on any atom is 0.247 e. The van der Waals surface area contributed by atoms with Crippen LogP contribution in [0.25, 0.3) is 0 Å². The predicted octanol–water partition coefficient (Wildman–Crippen LogP) is 1.72. The molecule has 0 heterocycles. The van der Waals surface area contributed by atoms with Crippen molar-refractivity contribution in [2.75, 3.05) is 11.6 Å². The van der Waals surface area contributed by atoms with E-state index in [0.29, 0.717) is 5.69 Å². The van der Waals surface area contributed by atoms with Gasteiger partial charge in [-0.3, -0.25) is 9.59 Å². The first kappa shape index (κ1) is 17.5. The summed E-state index contributed by atoms with van der Waals surface area (Å²) in [6.45, 7) is 1.39. The molecule has 0 saturated heterocycles. The van der Waals surface area contributed by atoms with Gasteiger partial charge in [-0.1, -0.05) is 18.9 Å². The highest BCUT2D eigenvalue weighted by molar-refractivity contribution is 7.90. The van der Waals surface area contributed by atoms with E-state index in [0.717, 1.165) is 31.9 Å². The lowest BCUT2D eigenvalue weighted by Crippen LogP contribution is -2.47. The molecule has 1 saturated carbocycles. The number of carbonyl (C=O) groups is 2. The van der Waals surface area contributed by atoms with Crippen molar-refractivity contribution in [1.29, 1.82) is 0 Å². The summed E-state index contributed by atoms with van der Waals surface area (Å²) in [7, 11) is -3.34. The molecule has 2 amide bonds. The zero-order valence-electron chi connectivity index (χ0n) is 13.3. The summed E-state index contributed by atoms with van der Waals surface area (Å²) >= 11 is 0. The first-order valence-corrected chi connectivity index (χ1v) is 9.54. The Morgan fingerprint density at radius 2 is 1.87 bits per heavy atom. The number of rotatable bonds is 5. The Kier molecular flexibility index (Phi) is 5.41. The number of amides is 2. The molecular formula is C16H22N2O4S. The number of nitrogens with one attached hydrogen (secondary N) is 2. The van der Waals surface area contributed by atoms with Crippen LogP contribution in [0.15, 0.2) is 29.2 Å². The molecule has 0 radical (unpaired) electrons. The van der Waals surface area contributed by atoms with Gasteiger partial charge in [-0.25, -0.2) is 8.42 Å². The normalized spacial score (nSPS) is 16.8. The van der Waals surface area contributed by atoms with E-state index in [4.69, 9.17) is 0 Å². The van der Waals surface area contributed by atoms with E-state index in [1.54, 1.807) is 12.1 Å². The van der Waals surface area contributed by atoms with Gasteiger partial charge in [0.1, 0.15) is 6.04 Å². The van der Waals surface area contributed by atoms with Gasteiger partial charge < -0.3 is 10.6 Å². The molecule has 7 heteroatoms. The fraction of sp³-hybridized carbons (Fsp3) is 0.500. The Hall–Kier alpha value is -1.89. The lowest BCUT2D eigenvalue weighted by atomic mass is 9.97. The van der Waals surface area contributed by atoms with E-state index in [9.17, 15) is 18.0 Å². The molecule has 1 aliphatic carbocycles. The van der Waals surface area contributed by atoms with Crippen molar-refractivity contribution in [2.45, 2.75) is 43.5 Å². The van der Waals surface area contributed by atoms with Gasteiger partial charge in [-0.05, 0) is 37.0 Å². The second-order valence-electron chi connectivity index (χ2n) is 6.01. The fourth-order valence-corrected chi connectivity index (χ4v) is 3.60. The number of anilines is 1. The van der Waals surface area contributed by atoms with Crippen molar-refractivity contribution >= 4 is 27.3 Å². The third-order valence-electron chi connectivity index (χ3n) is 4.04. The fourth-order valence-electron chi connectivity index (χ4n) is 2.93. The van der Waals surface area contributed by atoms with E-state index < -0.39 is 15.9 Å². The summed E-state index contributed by atoms with van der Waals surface area (Å²) in [4.78, 5) is 24.0. The van der Waals surface area contributed by atoms with Crippen LogP contribution in [-0.4, -0.2) is 32.5 Å². The molecule has 1 aromatic carbocycles. The monoisotopic (exact) mass is 338 g/mol. The Bertz CT molecular complexity index is 694. The van der Waals surface area contributed by atoms with Crippen LogP contribution >= 0.6 is 0 Å².